The number of carbonyl (C=O) groups excluding carboxylic acids is 1. The zero-order valence-electron chi connectivity index (χ0n) is 14.6. The summed E-state index contributed by atoms with van der Waals surface area (Å²) in [5, 5.41) is 5.88. The molecule has 138 valence electrons. The Morgan fingerprint density at radius 3 is 2.89 bits per heavy atom. The topological polar surface area (TPSA) is 58.1 Å². The summed E-state index contributed by atoms with van der Waals surface area (Å²) in [6, 6.07) is 11.9. The molecule has 1 atom stereocenters. The van der Waals surface area contributed by atoms with Crippen LogP contribution in [0.1, 0.15) is 30.1 Å². The Balaban J connectivity index is 1.49. The first-order chi connectivity index (χ1) is 13.2. The molecule has 1 fully saturated rings. The maximum atomic E-state index is 13.1. The van der Waals surface area contributed by atoms with E-state index < -0.39 is 0 Å². The van der Waals surface area contributed by atoms with Crippen molar-refractivity contribution < 1.29 is 9.18 Å². The van der Waals surface area contributed by atoms with Crippen molar-refractivity contribution >= 4 is 28.2 Å². The van der Waals surface area contributed by atoms with Crippen LogP contribution in [0.2, 0.25) is 0 Å². The van der Waals surface area contributed by atoms with Crippen molar-refractivity contribution in [2.75, 3.05) is 11.9 Å². The third kappa shape index (κ3) is 4.14. The number of hydrogen-bond acceptors (Lipinski definition) is 5. The summed E-state index contributed by atoms with van der Waals surface area (Å²) in [6.07, 6.45) is 3.85. The molecule has 7 heteroatoms. The van der Waals surface area contributed by atoms with Gasteiger partial charge in [-0.3, -0.25) is 4.79 Å². The highest BCUT2D eigenvalue weighted by molar-refractivity contribution is 7.13. The van der Waals surface area contributed by atoms with Crippen LogP contribution in [0.25, 0.3) is 0 Å². The van der Waals surface area contributed by atoms with Gasteiger partial charge in [-0.2, -0.15) is 0 Å². The lowest BCUT2D eigenvalue weighted by Gasteiger charge is -2.25. The molecule has 0 saturated carbocycles. The lowest BCUT2D eigenvalue weighted by molar-refractivity contribution is -0.131. The second-order valence-electron chi connectivity index (χ2n) is 6.46. The number of rotatable bonds is 5. The van der Waals surface area contributed by atoms with Gasteiger partial charge in [0.25, 0.3) is 0 Å². The van der Waals surface area contributed by atoms with Gasteiger partial charge in [0.05, 0.1) is 18.2 Å². The fourth-order valence-corrected chi connectivity index (χ4v) is 3.89. The number of likely N-dealkylation sites (tertiary alicyclic amines) is 1. The van der Waals surface area contributed by atoms with Crippen molar-refractivity contribution in [2.45, 2.75) is 25.3 Å². The molecular weight excluding hydrogens is 363 g/mol. The van der Waals surface area contributed by atoms with Gasteiger partial charge in [-0.25, -0.2) is 14.4 Å². The molecule has 0 aliphatic carbocycles. The van der Waals surface area contributed by atoms with E-state index in [-0.39, 0.29) is 24.2 Å². The van der Waals surface area contributed by atoms with Gasteiger partial charge in [0.1, 0.15) is 11.6 Å². The predicted molar refractivity (Wildman–Crippen MR) is 103 cm³/mol. The van der Waals surface area contributed by atoms with E-state index >= 15 is 0 Å². The predicted octanol–water partition coefficient (Wildman–Crippen LogP) is 4.33. The maximum Gasteiger partial charge on any atom is 0.227 e. The third-order valence-corrected chi connectivity index (χ3v) is 5.31. The van der Waals surface area contributed by atoms with E-state index in [0.29, 0.717) is 0 Å². The number of thiazole rings is 1. The van der Waals surface area contributed by atoms with Crippen LogP contribution in [0.4, 0.5) is 15.3 Å². The Hall–Kier alpha value is -2.80. The van der Waals surface area contributed by atoms with Crippen molar-refractivity contribution in [1.29, 1.82) is 0 Å². The molecular formula is C20H19FN4OS. The highest BCUT2D eigenvalue weighted by Gasteiger charge is 2.30. The summed E-state index contributed by atoms with van der Waals surface area (Å²) in [4.78, 5) is 23.6. The average Bonchev–Trinajstić information content (AvgIpc) is 3.35. The molecule has 0 unspecified atom stereocenters. The number of benzene rings is 1. The molecule has 0 bridgehead atoms. The van der Waals surface area contributed by atoms with Gasteiger partial charge in [0.2, 0.25) is 5.91 Å². The number of nitrogens with zero attached hydrogens (tertiary/aromatic N) is 3. The second-order valence-corrected chi connectivity index (χ2v) is 7.35. The van der Waals surface area contributed by atoms with Crippen LogP contribution in [-0.4, -0.2) is 27.3 Å². The molecule has 3 heterocycles. The van der Waals surface area contributed by atoms with Gasteiger partial charge in [-0.15, -0.1) is 11.3 Å². The Bertz CT molecular complexity index is 914. The van der Waals surface area contributed by atoms with Crippen LogP contribution in [0.15, 0.2) is 54.0 Å². The summed E-state index contributed by atoms with van der Waals surface area (Å²) in [5.74, 6) is 0.475. The van der Waals surface area contributed by atoms with E-state index in [9.17, 15) is 9.18 Å². The van der Waals surface area contributed by atoms with E-state index in [1.165, 1.54) is 23.5 Å². The van der Waals surface area contributed by atoms with Crippen molar-refractivity contribution in [3.8, 4) is 0 Å². The van der Waals surface area contributed by atoms with Gasteiger partial charge < -0.3 is 10.2 Å². The number of amides is 1. The lowest BCUT2D eigenvalue weighted by Crippen LogP contribution is -2.32. The Morgan fingerprint density at radius 2 is 2.11 bits per heavy atom. The lowest BCUT2D eigenvalue weighted by atomic mass is 10.1. The minimum Gasteiger partial charge on any atom is -0.334 e. The minimum atomic E-state index is -0.293. The molecule has 4 rings (SSSR count). The summed E-state index contributed by atoms with van der Waals surface area (Å²) in [6.45, 7) is 0.719. The highest BCUT2D eigenvalue weighted by atomic mass is 32.1. The number of nitrogens with one attached hydrogen (secondary N) is 1. The Labute approximate surface area is 160 Å². The van der Waals surface area contributed by atoms with Crippen LogP contribution >= 0.6 is 11.3 Å². The van der Waals surface area contributed by atoms with Gasteiger partial charge in [0.15, 0.2) is 5.13 Å². The summed E-state index contributed by atoms with van der Waals surface area (Å²) in [5.41, 5.74) is 1.70. The fourth-order valence-electron chi connectivity index (χ4n) is 3.35. The highest BCUT2D eigenvalue weighted by Crippen LogP contribution is 2.32. The van der Waals surface area contributed by atoms with E-state index in [1.807, 2.05) is 28.5 Å². The number of anilines is 2. The van der Waals surface area contributed by atoms with Crippen LogP contribution < -0.4 is 5.32 Å². The number of pyridine rings is 1. The third-order valence-electron chi connectivity index (χ3n) is 4.62. The number of aromatic nitrogens is 2. The number of hydrogen-bond donors (Lipinski definition) is 1. The summed E-state index contributed by atoms with van der Waals surface area (Å²) >= 11 is 1.51. The average molecular weight is 382 g/mol. The van der Waals surface area contributed by atoms with Crippen molar-refractivity contribution in [1.82, 2.24) is 14.9 Å². The molecule has 27 heavy (non-hydrogen) atoms. The molecule has 1 saturated heterocycles. The Kier molecular flexibility index (Phi) is 5.11. The molecule has 1 aliphatic heterocycles. The standard InChI is InChI=1S/C20H19FN4OS/c21-15-8-6-14(7-9-15)13-19(26)25-11-2-4-17(25)16-3-1-5-18(23-16)24-20-22-10-12-27-20/h1,3,5-10,12,17H,2,4,11,13H2,(H,22,23,24)/t17-/m0/s1. The SMILES string of the molecule is O=C(Cc1ccc(F)cc1)N1CCC[C@H]1c1cccc(Nc2nccs2)n1. The number of halogens is 1. The van der Waals surface area contributed by atoms with Crippen LogP contribution in [0.5, 0.6) is 0 Å². The molecule has 1 aromatic carbocycles. The summed E-state index contributed by atoms with van der Waals surface area (Å²) in [7, 11) is 0. The van der Waals surface area contributed by atoms with Crippen LogP contribution in [-0.2, 0) is 11.2 Å². The van der Waals surface area contributed by atoms with E-state index in [4.69, 9.17) is 4.98 Å². The maximum absolute atomic E-state index is 13.1. The Morgan fingerprint density at radius 1 is 1.26 bits per heavy atom. The second kappa shape index (κ2) is 7.84. The first-order valence-electron chi connectivity index (χ1n) is 8.86. The van der Waals surface area contributed by atoms with E-state index in [1.54, 1.807) is 18.3 Å². The fraction of sp³-hybridized carbons (Fsp3) is 0.250. The summed E-state index contributed by atoms with van der Waals surface area (Å²) < 4.78 is 13.1. The van der Waals surface area contributed by atoms with E-state index in [2.05, 4.69) is 10.3 Å². The molecule has 1 amide bonds. The first kappa shape index (κ1) is 17.6. The van der Waals surface area contributed by atoms with Crippen molar-refractivity contribution in [3.63, 3.8) is 0 Å². The molecule has 1 N–H and O–H groups in total. The molecule has 0 spiro atoms. The van der Waals surface area contributed by atoms with Crippen LogP contribution in [0.3, 0.4) is 0 Å². The number of carbonyl (C=O) groups is 1. The normalized spacial score (nSPS) is 16.5. The van der Waals surface area contributed by atoms with E-state index in [0.717, 1.165) is 41.6 Å². The quantitative estimate of drug-likeness (QED) is 0.714. The zero-order valence-corrected chi connectivity index (χ0v) is 15.5. The van der Waals surface area contributed by atoms with Gasteiger partial charge in [0, 0.05) is 18.1 Å². The zero-order chi connectivity index (χ0) is 18.6. The van der Waals surface area contributed by atoms with Crippen molar-refractivity contribution in [3.05, 3.63) is 71.1 Å². The molecule has 2 aromatic heterocycles. The van der Waals surface area contributed by atoms with Gasteiger partial charge in [-0.05, 0) is 42.7 Å². The van der Waals surface area contributed by atoms with Crippen molar-refractivity contribution in [2.24, 2.45) is 0 Å². The molecule has 3 aromatic rings. The molecule has 0 radical (unpaired) electrons. The largest absolute Gasteiger partial charge is 0.334 e. The van der Waals surface area contributed by atoms with Gasteiger partial charge >= 0.3 is 0 Å². The first-order valence-corrected chi connectivity index (χ1v) is 9.74. The molecule has 5 nitrogen and oxygen atoms in total. The monoisotopic (exact) mass is 382 g/mol. The smallest absolute Gasteiger partial charge is 0.227 e. The molecule has 1 aliphatic rings. The van der Waals surface area contributed by atoms with Crippen LogP contribution in [0, 0.1) is 5.82 Å². The minimum absolute atomic E-state index is 0.0315. The van der Waals surface area contributed by atoms with Gasteiger partial charge in [-0.1, -0.05) is 18.2 Å².